The number of carbonyl (C=O) groups excluding carboxylic acids is 3. The first-order valence-electron chi connectivity index (χ1n) is 8.40. The molecule has 0 saturated heterocycles. The van der Waals surface area contributed by atoms with Gasteiger partial charge >= 0.3 is 5.97 Å². The standard InChI is InChI=1S/C19H27NO4/c1-5-24-19(23)12-13-20(14(2)3)18(22)11-10-17(21)16-8-6-15(4)7-9-16/h6-9,14H,5,10-13H2,1-4H3. The lowest BCUT2D eigenvalue weighted by Crippen LogP contribution is -2.38. The lowest BCUT2D eigenvalue weighted by molar-refractivity contribution is -0.144. The fourth-order valence-electron chi connectivity index (χ4n) is 2.36. The highest BCUT2D eigenvalue weighted by Crippen LogP contribution is 2.11. The maximum Gasteiger partial charge on any atom is 0.307 e. The number of nitrogens with zero attached hydrogens (tertiary/aromatic N) is 1. The first-order chi connectivity index (χ1) is 11.3. The van der Waals surface area contributed by atoms with Crippen molar-refractivity contribution in [2.75, 3.05) is 13.2 Å². The Morgan fingerprint density at radius 1 is 1.04 bits per heavy atom. The Morgan fingerprint density at radius 3 is 2.21 bits per heavy atom. The van der Waals surface area contributed by atoms with Gasteiger partial charge in [0, 0.05) is 31.0 Å². The zero-order valence-electron chi connectivity index (χ0n) is 15.0. The summed E-state index contributed by atoms with van der Waals surface area (Å²) in [6.07, 6.45) is 0.488. The van der Waals surface area contributed by atoms with Crippen LogP contribution in [0.3, 0.4) is 0 Å². The number of benzene rings is 1. The van der Waals surface area contributed by atoms with Gasteiger partial charge in [-0.15, -0.1) is 0 Å². The van der Waals surface area contributed by atoms with Crippen LogP contribution in [0.1, 0.15) is 56.0 Å². The van der Waals surface area contributed by atoms with Gasteiger partial charge in [0.25, 0.3) is 0 Å². The van der Waals surface area contributed by atoms with Crippen molar-refractivity contribution in [2.45, 2.75) is 53.0 Å². The van der Waals surface area contributed by atoms with Gasteiger partial charge in [-0.25, -0.2) is 0 Å². The summed E-state index contributed by atoms with van der Waals surface area (Å²) in [5.41, 5.74) is 1.71. The molecule has 5 nitrogen and oxygen atoms in total. The molecule has 0 heterocycles. The third-order valence-corrected chi connectivity index (χ3v) is 3.75. The maximum absolute atomic E-state index is 12.4. The van der Waals surface area contributed by atoms with Crippen molar-refractivity contribution in [2.24, 2.45) is 0 Å². The molecule has 1 aromatic rings. The Bertz CT molecular complexity index is 563. The quantitative estimate of drug-likeness (QED) is 0.514. The van der Waals surface area contributed by atoms with Gasteiger partial charge in [-0.05, 0) is 27.7 Å². The molecule has 0 fully saturated rings. The highest BCUT2D eigenvalue weighted by Gasteiger charge is 2.19. The minimum absolute atomic E-state index is 0.0265. The van der Waals surface area contributed by atoms with Crippen molar-refractivity contribution in [3.8, 4) is 0 Å². The lowest BCUT2D eigenvalue weighted by Gasteiger charge is -2.26. The van der Waals surface area contributed by atoms with E-state index in [4.69, 9.17) is 4.74 Å². The third-order valence-electron chi connectivity index (χ3n) is 3.75. The van der Waals surface area contributed by atoms with Crippen molar-refractivity contribution in [3.05, 3.63) is 35.4 Å². The zero-order valence-corrected chi connectivity index (χ0v) is 15.0. The summed E-state index contributed by atoms with van der Waals surface area (Å²) >= 11 is 0. The van der Waals surface area contributed by atoms with Gasteiger partial charge in [-0.3, -0.25) is 14.4 Å². The van der Waals surface area contributed by atoms with E-state index >= 15 is 0 Å². The van der Waals surface area contributed by atoms with E-state index in [1.54, 1.807) is 24.0 Å². The van der Waals surface area contributed by atoms with E-state index in [0.717, 1.165) is 5.56 Å². The molecular formula is C19H27NO4. The van der Waals surface area contributed by atoms with E-state index < -0.39 is 0 Å². The van der Waals surface area contributed by atoms with Crippen LogP contribution in [0.4, 0.5) is 0 Å². The fourth-order valence-corrected chi connectivity index (χ4v) is 2.36. The molecule has 0 unspecified atom stereocenters. The van der Waals surface area contributed by atoms with Crippen LogP contribution in [0.2, 0.25) is 0 Å². The molecule has 0 aliphatic heterocycles. The van der Waals surface area contributed by atoms with E-state index in [9.17, 15) is 14.4 Å². The number of ketones is 1. The number of aryl methyl sites for hydroxylation is 1. The number of amides is 1. The summed E-state index contributed by atoms with van der Waals surface area (Å²) in [5.74, 6) is -0.473. The van der Waals surface area contributed by atoms with Gasteiger partial charge in [0.2, 0.25) is 5.91 Å². The second-order valence-electron chi connectivity index (χ2n) is 6.03. The van der Waals surface area contributed by atoms with Crippen LogP contribution in [-0.4, -0.2) is 41.8 Å². The van der Waals surface area contributed by atoms with Crippen molar-refractivity contribution < 1.29 is 19.1 Å². The monoisotopic (exact) mass is 333 g/mol. The van der Waals surface area contributed by atoms with Crippen molar-refractivity contribution >= 4 is 17.7 Å². The van der Waals surface area contributed by atoms with E-state index in [2.05, 4.69) is 0 Å². The minimum Gasteiger partial charge on any atom is -0.466 e. The molecule has 1 amide bonds. The Hall–Kier alpha value is -2.17. The van der Waals surface area contributed by atoms with Gasteiger partial charge in [-0.2, -0.15) is 0 Å². The van der Waals surface area contributed by atoms with Gasteiger partial charge in [0.15, 0.2) is 5.78 Å². The number of Topliss-reactive ketones (excluding diaryl/α,β-unsaturated/α-hetero) is 1. The molecule has 0 spiro atoms. The normalized spacial score (nSPS) is 10.5. The number of esters is 1. The summed E-state index contributed by atoms with van der Waals surface area (Å²) in [5, 5.41) is 0. The van der Waals surface area contributed by atoms with Crippen LogP contribution in [0, 0.1) is 6.92 Å². The minimum atomic E-state index is -0.313. The average molecular weight is 333 g/mol. The highest BCUT2D eigenvalue weighted by atomic mass is 16.5. The number of ether oxygens (including phenoxy) is 1. The van der Waals surface area contributed by atoms with Crippen LogP contribution < -0.4 is 0 Å². The van der Waals surface area contributed by atoms with E-state index in [0.29, 0.717) is 18.7 Å². The van der Waals surface area contributed by atoms with Crippen LogP contribution >= 0.6 is 0 Å². The number of rotatable bonds is 9. The topological polar surface area (TPSA) is 63.7 Å². The van der Waals surface area contributed by atoms with Crippen molar-refractivity contribution in [1.82, 2.24) is 4.90 Å². The van der Waals surface area contributed by atoms with E-state index in [-0.39, 0.29) is 43.0 Å². The van der Waals surface area contributed by atoms with Gasteiger partial charge in [-0.1, -0.05) is 29.8 Å². The van der Waals surface area contributed by atoms with Crippen LogP contribution in [0.5, 0.6) is 0 Å². The Kier molecular flexibility index (Phi) is 8.16. The molecular weight excluding hydrogens is 306 g/mol. The molecule has 1 rings (SSSR count). The summed E-state index contributed by atoms with van der Waals surface area (Å²) in [7, 11) is 0. The Labute approximate surface area is 144 Å². The highest BCUT2D eigenvalue weighted by molar-refractivity contribution is 5.98. The molecule has 0 aromatic heterocycles. The molecule has 1 aromatic carbocycles. The summed E-state index contributed by atoms with van der Waals surface area (Å²) in [6.45, 7) is 8.14. The molecule has 0 N–H and O–H groups in total. The van der Waals surface area contributed by atoms with Crippen molar-refractivity contribution in [1.29, 1.82) is 0 Å². The second kappa shape index (κ2) is 9.85. The largest absolute Gasteiger partial charge is 0.466 e. The third kappa shape index (κ3) is 6.52. The van der Waals surface area contributed by atoms with Crippen LogP contribution in [-0.2, 0) is 14.3 Å². The molecule has 132 valence electrons. The summed E-state index contributed by atoms with van der Waals surface area (Å²) < 4.78 is 4.89. The first kappa shape index (κ1) is 19.9. The van der Waals surface area contributed by atoms with Gasteiger partial charge in [0.1, 0.15) is 0 Å². The maximum atomic E-state index is 12.4. The van der Waals surface area contributed by atoms with Gasteiger partial charge < -0.3 is 9.64 Å². The Morgan fingerprint density at radius 2 is 1.67 bits per heavy atom. The lowest BCUT2D eigenvalue weighted by atomic mass is 10.0. The Balaban J connectivity index is 2.54. The average Bonchev–Trinajstić information content (AvgIpc) is 2.53. The van der Waals surface area contributed by atoms with Crippen LogP contribution in [0.15, 0.2) is 24.3 Å². The number of hydrogen-bond acceptors (Lipinski definition) is 4. The fraction of sp³-hybridized carbons (Fsp3) is 0.526. The van der Waals surface area contributed by atoms with E-state index in [1.165, 1.54) is 0 Å². The van der Waals surface area contributed by atoms with Gasteiger partial charge in [0.05, 0.1) is 13.0 Å². The molecule has 0 bridgehead atoms. The smallest absolute Gasteiger partial charge is 0.307 e. The van der Waals surface area contributed by atoms with E-state index in [1.807, 2.05) is 32.9 Å². The molecule has 0 aliphatic rings. The first-order valence-corrected chi connectivity index (χ1v) is 8.40. The summed E-state index contributed by atoms with van der Waals surface area (Å²) in [6, 6.07) is 7.30. The van der Waals surface area contributed by atoms with Crippen molar-refractivity contribution in [3.63, 3.8) is 0 Å². The predicted molar refractivity (Wildman–Crippen MR) is 92.8 cm³/mol. The summed E-state index contributed by atoms with van der Waals surface area (Å²) in [4.78, 5) is 37.6. The molecule has 0 saturated carbocycles. The number of hydrogen-bond donors (Lipinski definition) is 0. The van der Waals surface area contributed by atoms with Crippen LogP contribution in [0.25, 0.3) is 0 Å². The number of carbonyl (C=O) groups is 3. The molecule has 0 aliphatic carbocycles. The predicted octanol–water partition coefficient (Wildman–Crippen LogP) is 3.15. The molecule has 24 heavy (non-hydrogen) atoms. The SMILES string of the molecule is CCOC(=O)CCN(C(=O)CCC(=O)c1ccc(C)cc1)C(C)C. The molecule has 5 heteroatoms. The zero-order chi connectivity index (χ0) is 18.1. The molecule has 0 atom stereocenters. The second-order valence-corrected chi connectivity index (χ2v) is 6.03. The molecule has 0 radical (unpaired) electrons.